The number of nitrogens with one attached hydrogen (secondary N) is 1. The Bertz CT molecular complexity index is 403. The van der Waals surface area contributed by atoms with E-state index in [4.69, 9.17) is 5.73 Å². The molecule has 3 nitrogen and oxygen atoms in total. The van der Waals surface area contributed by atoms with Gasteiger partial charge in [0.15, 0.2) is 0 Å². The monoisotopic (exact) mass is 236 g/mol. The topological polar surface area (TPSA) is 55.1 Å². The highest BCUT2D eigenvalue weighted by molar-refractivity contribution is 5.71. The third kappa shape index (κ3) is 3.41. The van der Waals surface area contributed by atoms with Crippen molar-refractivity contribution in [3.05, 3.63) is 35.1 Å². The summed E-state index contributed by atoms with van der Waals surface area (Å²) in [6.07, 6.45) is -4.62. The Morgan fingerprint density at radius 3 is 2.44 bits per heavy atom. The minimum Gasteiger partial charge on any atom is -0.352 e. The summed E-state index contributed by atoms with van der Waals surface area (Å²) in [5.41, 5.74) is 3.62. The van der Waals surface area contributed by atoms with Gasteiger partial charge in [0.05, 0.1) is 5.56 Å². The number of halogens is 4. The molecule has 2 amide bonds. The van der Waals surface area contributed by atoms with E-state index >= 15 is 0 Å². The number of carbonyl (C=O) groups is 1. The maximum Gasteiger partial charge on any atom is 0.416 e. The normalized spacial score (nSPS) is 11.2. The molecule has 0 aliphatic rings. The fraction of sp³-hybridized carbons (Fsp3) is 0.222. The van der Waals surface area contributed by atoms with E-state index in [1.165, 1.54) is 0 Å². The fourth-order valence-corrected chi connectivity index (χ4v) is 1.11. The Morgan fingerprint density at radius 2 is 1.94 bits per heavy atom. The second-order valence-electron chi connectivity index (χ2n) is 3.06. The number of benzene rings is 1. The molecule has 3 N–H and O–H groups in total. The highest BCUT2D eigenvalue weighted by Gasteiger charge is 2.31. The smallest absolute Gasteiger partial charge is 0.352 e. The van der Waals surface area contributed by atoms with E-state index in [-0.39, 0.29) is 12.1 Å². The highest BCUT2D eigenvalue weighted by Crippen LogP contribution is 2.30. The van der Waals surface area contributed by atoms with Crippen molar-refractivity contribution in [1.29, 1.82) is 0 Å². The highest BCUT2D eigenvalue weighted by atomic mass is 19.4. The van der Waals surface area contributed by atoms with Gasteiger partial charge in [-0.05, 0) is 23.8 Å². The predicted molar refractivity (Wildman–Crippen MR) is 47.8 cm³/mol. The predicted octanol–water partition coefficient (Wildman–Crippen LogP) is 2.01. The molecular weight excluding hydrogens is 228 g/mol. The quantitative estimate of drug-likeness (QED) is 0.758. The molecule has 0 heterocycles. The lowest BCUT2D eigenvalue weighted by Gasteiger charge is -2.09. The summed E-state index contributed by atoms with van der Waals surface area (Å²) in [6, 6.07) is 1.13. The molecule has 1 aromatic rings. The fourth-order valence-electron chi connectivity index (χ4n) is 1.11. The number of nitrogens with two attached hydrogens (primary N) is 1. The third-order valence-corrected chi connectivity index (χ3v) is 1.75. The summed E-state index contributed by atoms with van der Waals surface area (Å²) in [5, 5.41) is 2.07. The molecule has 0 saturated heterocycles. The number of carbonyl (C=O) groups excluding carboxylic acids is 1. The minimum absolute atomic E-state index is 0.00822. The summed E-state index contributed by atoms with van der Waals surface area (Å²) in [7, 11) is 0. The largest absolute Gasteiger partial charge is 0.416 e. The average molecular weight is 236 g/mol. The summed E-state index contributed by atoms with van der Waals surface area (Å²) < 4.78 is 49.6. The molecule has 0 unspecified atom stereocenters. The van der Waals surface area contributed by atoms with Crippen molar-refractivity contribution in [1.82, 2.24) is 5.32 Å². The Hall–Kier alpha value is -1.79. The van der Waals surface area contributed by atoms with Crippen LogP contribution in [0.25, 0.3) is 0 Å². The number of primary amides is 1. The van der Waals surface area contributed by atoms with Crippen molar-refractivity contribution in [3.8, 4) is 0 Å². The Balaban J connectivity index is 2.94. The maximum atomic E-state index is 12.8. The van der Waals surface area contributed by atoms with Crippen molar-refractivity contribution in [2.45, 2.75) is 12.7 Å². The first-order chi connectivity index (χ1) is 7.29. The number of hydrogen-bond donors (Lipinski definition) is 2. The number of urea groups is 1. The summed E-state index contributed by atoms with van der Waals surface area (Å²) in [6.45, 7) is -0.254. The van der Waals surface area contributed by atoms with Crippen LogP contribution < -0.4 is 11.1 Å². The molecule has 16 heavy (non-hydrogen) atoms. The molecule has 0 bridgehead atoms. The van der Waals surface area contributed by atoms with Crippen molar-refractivity contribution in [2.24, 2.45) is 5.73 Å². The molecule has 0 aliphatic carbocycles. The number of rotatable bonds is 2. The van der Waals surface area contributed by atoms with Gasteiger partial charge in [0, 0.05) is 6.54 Å². The summed E-state index contributed by atoms with van der Waals surface area (Å²) in [5.74, 6) is -1.02. The zero-order valence-corrected chi connectivity index (χ0v) is 7.94. The minimum atomic E-state index is -4.62. The maximum absolute atomic E-state index is 12.8. The van der Waals surface area contributed by atoms with E-state index in [0.29, 0.717) is 6.07 Å². The Labute approximate surface area is 88.2 Å². The number of alkyl halides is 3. The lowest BCUT2D eigenvalue weighted by molar-refractivity contribution is -0.137. The zero-order valence-electron chi connectivity index (χ0n) is 7.94. The van der Waals surface area contributed by atoms with Crippen molar-refractivity contribution < 1.29 is 22.4 Å². The van der Waals surface area contributed by atoms with Crippen LogP contribution in [0.3, 0.4) is 0 Å². The van der Waals surface area contributed by atoms with Gasteiger partial charge in [-0.2, -0.15) is 13.2 Å². The van der Waals surface area contributed by atoms with Crippen LogP contribution in [0.2, 0.25) is 0 Å². The van der Waals surface area contributed by atoms with Gasteiger partial charge in [0.1, 0.15) is 5.82 Å². The molecule has 0 saturated carbocycles. The van der Waals surface area contributed by atoms with Crippen LogP contribution in [0.5, 0.6) is 0 Å². The molecular formula is C9H8F4N2O. The van der Waals surface area contributed by atoms with Crippen molar-refractivity contribution in [2.75, 3.05) is 0 Å². The van der Waals surface area contributed by atoms with Crippen LogP contribution in [0.15, 0.2) is 18.2 Å². The van der Waals surface area contributed by atoms with Crippen molar-refractivity contribution in [3.63, 3.8) is 0 Å². The summed E-state index contributed by atoms with van der Waals surface area (Å²) in [4.78, 5) is 10.3. The van der Waals surface area contributed by atoms with Gasteiger partial charge in [-0.3, -0.25) is 0 Å². The molecule has 0 aromatic heterocycles. The van der Waals surface area contributed by atoms with Crippen LogP contribution in [-0.4, -0.2) is 6.03 Å². The van der Waals surface area contributed by atoms with E-state index in [2.05, 4.69) is 5.32 Å². The molecule has 0 aliphatic heterocycles. The molecule has 1 rings (SSSR count). The SMILES string of the molecule is NC(=O)NCc1cc(F)cc(C(F)(F)F)c1. The van der Waals surface area contributed by atoms with E-state index in [1.54, 1.807) is 0 Å². The molecule has 7 heteroatoms. The molecule has 1 aromatic carbocycles. The third-order valence-electron chi connectivity index (χ3n) is 1.75. The van der Waals surface area contributed by atoms with Crippen LogP contribution in [-0.2, 0) is 12.7 Å². The second kappa shape index (κ2) is 4.38. The van der Waals surface area contributed by atoms with Gasteiger partial charge in [0.2, 0.25) is 0 Å². The van der Waals surface area contributed by atoms with Crippen LogP contribution in [0.1, 0.15) is 11.1 Å². The van der Waals surface area contributed by atoms with E-state index in [0.717, 1.165) is 12.1 Å². The van der Waals surface area contributed by atoms with Gasteiger partial charge < -0.3 is 11.1 Å². The van der Waals surface area contributed by atoms with Crippen LogP contribution in [0.4, 0.5) is 22.4 Å². The molecule has 88 valence electrons. The molecule has 0 radical (unpaired) electrons. The van der Waals surface area contributed by atoms with Crippen LogP contribution >= 0.6 is 0 Å². The van der Waals surface area contributed by atoms with Gasteiger partial charge in [-0.25, -0.2) is 9.18 Å². The van der Waals surface area contributed by atoms with Gasteiger partial charge in [-0.1, -0.05) is 0 Å². The lowest BCUT2D eigenvalue weighted by Crippen LogP contribution is -2.28. The van der Waals surface area contributed by atoms with E-state index in [1.807, 2.05) is 0 Å². The van der Waals surface area contributed by atoms with Crippen molar-refractivity contribution >= 4 is 6.03 Å². The first-order valence-electron chi connectivity index (χ1n) is 4.19. The average Bonchev–Trinajstić information content (AvgIpc) is 2.12. The van der Waals surface area contributed by atoms with Crippen LogP contribution in [0, 0.1) is 5.82 Å². The molecule has 0 spiro atoms. The van der Waals surface area contributed by atoms with E-state index < -0.39 is 23.6 Å². The second-order valence-corrected chi connectivity index (χ2v) is 3.06. The first-order valence-corrected chi connectivity index (χ1v) is 4.19. The lowest BCUT2D eigenvalue weighted by atomic mass is 10.1. The van der Waals surface area contributed by atoms with Gasteiger partial charge >= 0.3 is 12.2 Å². The zero-order chi connectivity index (χ0) is 12.3. The first kappa shape index (κ1) is 12.3. The van der Waals surface area contributed by atoms with Gasteiger partial charge in [-0.15, -0.1) is 0 Å². The standard InChI is InChI=1S/C9H8F4N2O/c10-7-2-5(4-15-8(14)16)1-6(3-7)9(11,12)13/h1-3H,4H2,(H3,14,15,16). The Kier molecular flexibility index (Phi) is 3.36. The van der Waals surface area contributed by atoms with Gasteiger partial charge in [0.25, 0.3) is 0 Å². The number of hydrogen-bond acceptors (Lipinski definition) is 1. The van der Waals surface area contributed by atoms with E-state index in [9.17, 15) is 22.4 Å². The molecule has 0 fully saturated rings. The molecule has 0 atom stereocenters. The summed E-state index contributed by atoms with van der Waals surface area (Å²) >= 11 is 0. The Morgan fingerprint density at radius 1 is 1.31 bits per heavy atom. The number of amides is 2.